The predicted molar refractivity (Wildman–Crippen MR) is 88.8 cm³/mol. The first-order valence-electron chi connectivity index (χ1n) is 7.73. The van der Waals surface area contributed by atoms with Crippen molar-refractivity contribution in [1.29, 1.82) is 0 Å². The number of nitrogens with one attached hydrogen (secondary N) is 2. The Morgan fingerprint density at radius 3 is 2.83 bits per heavy atom. The Morgan fingerprint density at radius 1 is 1.26 bits per heavy atom. The Kier molecular flexibility index (Phi) is 4.83. The van der Waals surface area contributed by atoms with Crippen LogP contribution < -0.4 is 15.5 Å². The lowest BCUT2D eigenvalue weighted by molar-refractivity contribution is 0.122. The summed E-state index contributed by atoms with van der Waals surface area (Å²) >= 11 is 0. The minimum Gasteiger partial charge on any atom is -0.467 e. The van der Waals surface area contributed by atoms with E-state index in [-0.39, 0.29) is 6.03 Å². The van der Waals surface area contributed by atoms with E-state index in [2.05, 4.69) is 21.6 Å². The lowest BCUT2D eigenvalue weighted by Crippen LogP contribution is -2.36. The average Bonchev–Trinajstić information content (AvgIpc) is 3.09. The molecule has 2 aromatic rings. The molecule has 1 aliphatic heterocycles. The number of morpholine rings is 1. The van der Waals surface area contributed by atoms with Crippen molar-refractivity contribution in [2.75, 3.05) is 36.5 Å². The molecule has 3 rings (SSSR count). The number of carbonyl (C=O) groups is 1. The molecule has 2 amide bonds. The van der Waals surface area contributed by atoms with Crippen molar-refractivity contribution in [2.24, 2.45) is 0 Å². The number of aryl methyl sites for hydroxylation is 1. The normalized spacial score (nSPS) is 14.6. The standard InChI is InChI=1S/C17H21N3O3/c1-13-4-5-14(20-6-9-22-10-7-20)11-16(13)19-17(21)18-12-15-3-2-8-23-15/h2-5,8,11H,6-7,9-10,12H2,1H3,(H2,18,19,21). The smallest absolute Gasteiger partial charge is 0.319 e. The molecule has 1 aliphatic rings. The van der Waals surface area contributed by atoms with Crippen LogP contribution in [0.4, 0.5) is 16.2 Å². The summed E-state index contributed by atoms with van der Waals surface area (Å²) in [6, 6.07) is 9.48. The average molecular weight is 315 g/mol. The Hall–Kier alpha value is -2.47. The van der Waals surface area contributed by atoms with Crippen LogP contribution in [0.3, 0.4) is 0 Å². The van der Waals surface area contributed by atoms with Gasteiger partial charge >= 0.3 is 6.03 Å². The number of carbonyl (C=O) groups excluding carboxylic acids is 1. The molecule has 2 heterocycles. The maximum absolute atomic E-state index is 12.0. The third-order valence-corrected chi connectivity index (χ3v) is 3.85. The second-order valence-electron chi connectivity index (χ2n) is 5.49. The van der Waals surface area contributed by atoms with Crippen LogP contribution in [0.1, 0.15) is 11.3 Å². The van der Waals surface area contributed by atoms with Crippen LogP contribution in [-0.2, 0) is 11.3 Å². The quantitative estimate of drug-likeness (QED) is 0.910. The summed E-state index contributed by atoms with van der Waals surface area (Å²) in [6.45, 7) is 5.55. The molecule has 0 aliphatic carbocycles. The molecule has 0 atom stereocenters. The zero-order chi connectivity index (χ0) is 16.1. The number of urea groups is 1. The van der Waals surface area contributed by atoms with Gasteiger partial charge in [-0.15, -0.1) is 0 Å². The summed E-state index contributed by atoms with van der Waals surface area (Å²) in [4.78, 5) is 14.3. The highest BCUT2D eigenvalue weighted by atomic mass is 16.5. The molecule has 23 heavy (non-hydrogen) atoms. The largest absolute Gasteiger partial charge is 0.467 e. The van der Waals surface area contributed by atoms with Gasteiger partial charge in [0.2, 0.25) is 0 Å². The highest BCUT2D eigenvalue weighted by Crippen LogP contribution is 2.24. The summed E-state index contributed by atoms with van der Waals surface area (Å²) in [7, 11) is 0. The van der Waals surface area contributed by atoms with Crippen molar-refractivity contribution in [3.63, 3.8) is 0 Å². The minimum absolute atomic E-state index is 0.247. The van der Waals surface area contributed by atoms with Gasteiger partial charge in [-0.3, -0.25) is 0 Å². The fourth-order valence-corrected chi connectivity index (χ4v) is 2.51. The molecule has 1 aromatic carbocycles. The molecule has 0 bridgehead atoms. The number of rotatable bonds is 4. The van der Waals surface area contributed by atoms with E-state index in [1.807, 2.05) is 25.1 Å². The molecule has 6 heteroatoms. The Balaban J connectivity index is 1.62. The third-order valence-electron chi connectivity index (χ3n) is 3.85. The second-order valence-corrected chi connectivity index (χ2v) is 5.49. The number of ether oxygens (including phenoxy) is 1. The first kappa shape index (κ1) is 15.4. The van der Waals surface area contributed by atoms with E-state index in [9.17, 15) is 4.79 Å². The number of benzene rings is 1. The van der Waals surface area contributed by atoms with Crippen LogP contribution in [0.15, 0.2) is 41.0 Å². The van der Waals surface area contributed by atoms with Crippen molar-refractivity contribution >= 4 is 17.4 Å². The maximum Gasteiger partial charge on any atom is 0.319 e. The lowest BCUT2D eigenvalue weighted by Gasteiger charge is -2.29. The Labute approximate surface area is 135 Å². The van der Waals surface area contributed by atoms with Crippen molar-refractivity contribution in [1.82, 2.24) is 5.32 Å². The van der Waals surface area contributed by atoms with Gasteiger partial charge < -0.3 is 24.7 Å². The highest BCUT2D eigenvalue weighted by molar-refractivity contribution is 5.90. The molecule has 0 saturated carbocycles. The zero-order valence-corrected chi connectivity index (χ0v) is 13.2. The molecule has 1 saturated heterocycles. The summed E-state index contributed by atoms with van der Waals surface area (Å²) in [5.41, 5.74) is 2.93. The predicted octanol–water partition coefficient (Wildman–Crippen LogP) is 2.75. The van der Waals surface area contributed by atoms with Crippen LogP contribution in [0, 0.1) is 6.92 Å². The van der Waals surface area contributed by atoms with E-state index in [0.717, 1.165) is 49.0 Å². The van der Waals surface area contributed by atoms with Gasteiger partial charge in [-0.25, -0.2) is 4.79 Å². The first-order chi connectivity index (χ1) is 11.2. The molecule has 0 spiro atoms. The molecular formula is C17H21N3O3. The number of nitrogens with zero attached hydrogens (tertiary/aromatic N) is 1. The molecule has 2 N–H and O–H groups in total. The molecule has 6 nitrogen and oxygen atoms in total. The van der Waals surface area contributed by atoms with E-state index >= 15 is 0 Å². The molecule has 1 fully saturated rings. The summed E-state index contributed by atoms with van der Waals surface area (Å²) in [5.74, 6) is 0.721. The lowest BCUT2D eigenvalue weighted by atomic mass is 10.1. The molecule has 122 valence electrons. The summed E-state index contributed by atoms with van der Waals surface area (Å²) < 4.78 is 10.6. The number of hydrogen-bond donors (Lipinski definition) is 2. The van der Waals surface area contributed by atoms with Crippen LogP contribution in [0.2, 0.25) is 0 Å². The van der Waals surface area contributed by atoms with Gasteiger partial charge in [0.25, 0.3) is 0 Å². The van der Waals surface area contributed by atoms with Crippen molar-refractivity contribution in [3.05, 3.63) is 47.9 Å². The monoisotopic (exact) mass is 315 g/mol. The van der Waals surface area contributed by atoms with Gasteiger partial charge in [0, 0.05) is 24.5 Å². The topological polar surface area (TPSA) is 66.7 Å². The van der Waals surface area contributed by atoms with E-state index in [0.29, 0.717) is 6.54 Å². The number of furan rings is 1. The Bertz CT molecular complexity index is 649. The number of hydrogen-bond acceptors (Lipinski definition) is 4. The Morgan fingerprint density at radius 2 is 2.09 bits per heavy atom. The maximum atomic E-state index is 12.0. The van der Waals surface area contributed by atoms with Gasteiger partial charge in [0.15, 0.2) is 0 Å². The molecule has 0 unspecified atom stereocenters. The molecular weight excluding hydrogens is 294 g/mol. The first-order valence-corrected chi connectivity index (χ1v) is 7.73. The van der Waals surface area contributed by atoms with Crippen molar-refractivity contribution < 1.29 is 13.9 Å². The van der Waals surface area contributed by atoms with E-state index in [1.54, 1.807) is 12.3 Å². The second kappa shape index (κ2) is 7.19. The van der Waals surface area contributed by atoms with Gasteiger partial charge in [0.1, 0.15) is 5.76 Å². The van der Waals surface area contributed by atoms with E-state index < -0.39 is 0 Å². The van der Waals surface area contributed by atoms with Crippen LogP contribution in [-0.4, -0.2) is 32.3 Å². The SMILES string of the molecule is Cc1ccc(N2CCOCC2)cc1NC(=O)NCc1ccco1. The van der Waals surface area contributed by atoms with E-state index in [4.69, 9.17) is 9.15 Å². The fraction of sp³-hybridized carbons (Fsp3) is 0.353. The summed E-state index contributed by atoms with van der Waals surface area (Å²) in [6.07, 6.45) is 1.59. The summed E-state index contributed by atoms with van der Waals surface area (Å²) in [5, 5.41) is 5.68. The van der Waals surface area contributed by atoms with Crippen molar-refractivity contribution in [2.45, 2.75) is 13.5 Å². The van der Waals surface area contributed by atoms with Crippen LogP contribution in [0.25, 0.3) is 0 Å². The fourth-order valence-electron chi connectivity index (χ4n) is 2.51. The van der Waals surface area contributed by atoms with Gasteiger partial charge in [-0.2, -0.15) is 0 Å². The minimum atomic E-state index is -0.247. The van der Waals surface area contributed by atoms with E-state index in [1.165, 1.54) is 0 Å². The van der Waals surface area contributed by atoms with Crippen LogP contribution in [0.5, 0.6) is 0 Å². The number of amides is 2. The van der Waals surface area contributed by atoms with Gasteiger partial charge in [-0.05, 0) is 36.8 Å². The number of anilines is 2. The van der Waals surface area contributed by atoms with Gasteiger partial charge in [0.05, 0.1) is 26.0 Å². The highest BCUT2D eigenvalue weighted by Gasteiger charge is 2.13. The van der Waals surface area contributed by atoms with Crippen molar-refractivity contribution in [3.8, 4) is 0 Å². The van der Waals surface area contributed by atoms with Gasteiger partial charge in [-0.1, -0.05) is 6.07 Å². The van der Waals surface area contributed by atoms with Crippen LogP contribution >= 0.6 is 0 Å². The zero-order valence-electron chi connectivity index (χ0n) is 13.2. The molecule has 1 aromatic heterocycles. The molecule has 0 radical (unpaired) electrons. The third kappa shape index (κ3) is 4.04.